The molecule has 4 heteroatoms. The molecular weight excluding hydrogens is 250 g/mol. The Kier molecular flexibility index (Phi) is 3.22. The maximum Gasteiger partial charge on any atom is 0.146 e. The molecule has 0 spiro atoms. The molecule has 0 aromatic heterocycles. The van der Waals surface area contributed by atoms with Gasteiger partial charge in [0.1, 0.15) is 5.82 Å². The van der Waals surface area contributed by atoms with Gasteiger partial charge in [0.2, 0.25) is 0 Å². The molecule has 0 amide bonds. The maximum atomic E-state index is 13.1. The average molecular weight is 256 g/mol. The van der Waals surface area contributed by atoms with Crippen molar-refractivity contribution in [2.24, 2.45) is 0 Å². The van der Waals surface area contributed by atoms with E-state index in [0.717, 1.165) is 0 Å². The zero-order valence-electron chi connectivity index (χ0n) is 5.44. The van der Waals surface area contributed by atoms with Crippen LogP contribution >= 0.6 is 40.2 Å². The Morgan fingerprint density at radius 2 is 2.18 bits per heavy atom. The van der Waals surface area contributed by atoms with E-state index in [-0.39, 0.29) is 5.02 Å². The molecule has 60 valence electrons. The van der Waals surface area contributed by atoms with Gasteiger partial charge in [-0.15, -0.1) is 0 Å². The van der Waals surface area contributed by atoms with E-state index in [9.17, 15) is 4.39 Å². The van der Waals surface area contributed by atoms with Crippen molar-refractivity contribution in [3.63, 3.8) is 0 Å². The van der Waals surface area contributed by atoms with E-state index in [4.69, 9.17) is 11.6 Å². The van der Waals surface area contributed by atoms with Crippen molar-refractivity contribution < 1.29 is 4.39 Å². The second kappa shape index (κ2) is 3.78. The highest BCUT2D eigenvalue weighted by molar-refractivity contribution is 9.10. The highest BCUT2D eigenvalue weighted by Crippen LogP contribution is 2.26. The number of hydrogen-bond donors (Lipinski definition) is 1. The molecule has 0 aliphatic rings. The molecule has 0 bridgehead atoms. The van der Waals surface area contributed by atoms with Gasteiger partial charge in [0.15, 0.2) is 0 Å². The standard InChI is InChI=1S/C7H5BrClFS/c8-5-1-2-6(9)7(10)4(5)3-11/h1-2,11H,3H2. The Labute approximate surface area is 83.3 Å². The van der Waals surface area contributed by atoms with Crippen molar-refractivity contribution >= 4 is 40.2 Å². The molecule has 1 aromatic carbocycles. The van der Waals surface area contributed by atoms with Crippen LogP contribution in [0.2, 0.25) is 5.02 Å². The number of thiol groups is 1. The molecular formula is C7H5BrClFS. The minimum atomic E-state index is -0.393. The summed E-state index contributed by atoms with van der Waals surface area (Å²) in [7, 11) is 0. The fraction of sp³-hybridized carbons (Fsp3) is 0.143. The second-order valence-electron chi connectivity index (χ2n) is 1.98. The second-order valence-corrected chi connectivity index (χ2v) is 3.56. The summed E-state index contributed by atoms with van der Waals surface area (Å²) >= 11 is 12.7. The third-order valence-corrected chi connectivity index (χ3v) is 2.65. The van der Waals surface area contributed by atoms with Crippen LogP contribution in [0.1, 0.15) is 5.56 Å². The van der Waals surface area contributed by atoms with Crippen LogP contribution in [0.25, 0.3) is 0 Å². The fourth-order valence-electron chi connectivity index (χ4n) is 0.714. The average Bonchev–Trinajstić information content (AvgIpc) is 1.99. The van der Waals surface area contributed by atoms with Crippen LogP contribution in [0.15, 0.2) is 16.6 Å². The number of halogens is 3. The van der Waals surface area contributed by atoms with Gasteiger partial charge >= 0.3 is 0 Å². The highest BCUT2D eigenvalue weighted by atomic mass is 79.9. The first-order chi connectivity index (χ1) is 5.16. The molecule has 0 aliphatic carbocycles. The van der Waals surface area contributed by atoms with E-state index in [1.807, 2.05) is 0 Å². The number of rotatable bonds is 1. The van der Waals surface area contributed by atoms with Crippen LogP contribution in [0.4, 0.5) is 4.39 Å². The van der Waals surface area contributed by atoms with Gasteiger partial charge in [-0.05, 0) is 12.1 Å². The minimum absolute atomic E-state index is 0.136. The minimum Gasteiger partial charge on any atom is -0.205 e. The maximum absolute atomic E-state index is 13.1. The predicted octanol–water partition coefficient (Wildman–Crippen LogP) is 3.67. The van der Waals surface area contributed by atoms with Crippen LogP contribution in [-0.2, 0) is 5.75 Å². The van der Waals surface area contributed by atoms with Crippen molar-refractivity contribution in [1.82, 2.24) is 0 Å². The Morgan fingerprint density at radius 1 is 1.55 bits per heavy atom. The molecule has 0 saturated heterocycles. The molecule has 0 N–H and O–H groups in total. The van der Waals surface area contributed by atoms with E-state index >= 15 is 0 Å². The van der Waals surface area contributed by atoms with Gasteiger partial charge in [0.05, 0.1) is 5.02 Å². The summed E-state index contributed by atoms with van der Waals surface area (Å²) in [6, 6.07) is 3.21. The molecule has 0 nitrogen and oxygen atoms in total. The van der Waals surface area contributed by atoms with Crippen molar-refractivity contribution in [1.29, 1.82) is 0 Å². The van der Waals surface area contributed by atoms with E-state index in [2.05, 4.69) is 28.6 Å². The van der Waals surface area contributed by atoms with Gasteiger partial charge in [-0.2, -0.15) is 12.6 Å². The van der Waals surface area contributed by atoms with Gasteiger partial charge in [0.25, 0.3) is 0 Å². The van der Waals surface area contributed by atoms with Gasteiger partial charge in [-0.3, -0.25) is 0 Å². The third kappa shape index (κ3) is 1.89. The summed E-state index contributed by atoms with van der Waals surface area (Å²) in [6.45, 7) is 0. The van der Waals surface area contributed by atoms with Crippen molar-refractivity contribution in [3.05, 3.63) is 33.0 Å². The molecule has 11 heavy (non-hydrogen) atoms. The molecule has 0 radical (unpaired) electrons. The number of benzene rings is 1. The van der Waals surface area contributed by atoms with Crippen molar-refractivity contribution in [2.45, 2.75) is 5.75 Å². The zero-order chi connectivity index (χ0) is 8.43. The Morgan fingerprint density at radius 3 is 2.64 bits per heavy atom. The summed E-state index contributed by atoms with van der Waals surface area (Å²) < 4.78 is 13.8. The van der Waals surface area contributed by atoms with Crippen molar-refractivity contribution in [2.75, 3.05) is 0 Å². The fourth-order valence-corrected chi connectivity index (χ4v) is 1.86. The monoisotopic (exact) mass is 254 g/mol. The summed E-state index contributed by atoms with van der Waals surface area (Å²) in [4.78, 5) is 0. The smallest absolute Gasteiger partial charge is 0.146 e. The summed E-state index contributed by atoms with van der Waals surface area (Å²) in [5.74, 6) is -0.0523. The SMILES string of the molecule is Fc1c(Cl)ccc(Br)c1CS. The predicted molar refractivity (Wildman–Crippen MR) is 51.8 cm³/mol. The van der Waals surface area contributed by atoms with E-state index in [1.54, 1.807) is 6.07 Å². The summed E-state index contributed by atoms with van der Waals surface area (Å²) in [5, 5.41) is 0.136. The Hall–Kier alpha value is 0.270. The largest absolute Gasteiger partial charge is 0.205 e. The number of hydrogen-bond acceptors (Lipinski definition) is 1. The normalized spacial score (nSPS) is 10.2. The van der Waals surface area contributed by atoms with Crippen LogP contribution in [0, 0.1) is 5.82 Å². The molecule has 0 fully saturated rings. The lowest BCUT2D eigenvalue weighted by molar-refractivity contribution is 0.616. The lowest BCUT2D eigenvalue weighted by atomic mass is 10.2. The molecule has 0 aliphatic heterocycles. The van der Waals surface area contributed by atoms with Gasteiger partial charge in [0, 0.05) is 15.8 Å². The topological polar surface area (TPSA) is 0 Å². The molecule has 0 saturated carbocycles. The summed E-state index contributed by atoms with van der Waals surface area (Å²) in [6.07, 6.45) is 0. The quantitative estimate of drug-likeness (QED) is 0.574. The van der Waals surface area contributed by atoms with Crippen LogP contribution in [0.5, 0.6) is 0 Å². The van der Waals surface area contributed by atoms with Crippen LogP contribution in [0.3, 0.4) is 0 Å². The van der Waals surface area contributed by atoms with Crippen LogP contribution < -0.4 is 0 Å². The Balaban J connectivity index is 3.29. The van der Waals surface area contributed by atoms with Gasteiger partial charge in [-0.25, -0.2) is 4.39 Å². The van der Waals surface area contributed by atoms with Crippen LogP contribution in [-0.4, -0.2) is 0 Å². The zero-order valence-corrected chi connectivity index (χ0v) is 8.68. The summed E-state index contributed by atoms with van der Waals surface area (Å²) in [5.41, 5.74) is 0.501. The molecule has 0 atom stereocenters. The lowest BCUT2D eigenvalue weighted by Crippen LogP contribution is -1.88. The van der Waals surface area contributed by atoms with Crippen molar-refractivity contribution in [3.8, 4) is 0 Å². The first kappa shape index (κ1) is 9.36. The first-order valence-corrected chi connectivity index (χ1v) is 4.70. The first-order valence-electron chi connectivity index (χ1n) is 2.90. The van der Waals surface area contributed by atoms with E-state index in [1.165, 1.54) is 6.07 Å². The molecule has 0 unspecified atom stereocenters. The van der Waals surface area contributed by atoms with E-state index < -0.39 is 5.82 Å². The third-order valence-electron chi connectivity index (χ3n) is 1.30. The van der Waals surface area contributed by atoms with Gasteiger partial charge < -0.3 is 0 Å². The highest BCUT2D eigenvalue weighted by Gasteiger charge is 2.08. The molecule has 1 aromatic rings. The lowest BCUT2D eigenvalue weighted by Gasteiger charge is -2.02. The molecule has 1 rings (SSSR count). The Bertz CT molecular complexity index is 277. The van der Waals surface area contributed by atoms with Gasteiger partial charge in [-0.1, -0.05) is 27.5 Å². The molecule has 0 heterocycles. The van der Waals surface area contributed by atoms with E-state index in [0.29, 0.717) is 15.8 Å².